The summed E-state index contributed by atoms with van der Waals surface area (Å²) in [4.78, 5) is 13.3. The molecule has 3 N–H and O–H groups in total. The number of nitrogens with zero attached hydrogens (tertiary/aromatic N) is 1. The quantitative estimate of drug-likeness (QED) is 0.835. The van der Waals surface area contributed by atoms with E-state index in [2.05, 4.69) is 15.9 Å². The first-order valence-electron chi connectivity index (χ1n) is 4.62. The fourth-order valence-corrected chi connectivity index (χ4v) is 2.11. The molecule has 1 atom stereocenters. The maximum atomic E-state index is 11.7. The van der Waals surface area contributed by atoms with Crippen molar-refractivity contribution in [1.82, 2.24) is 0 Å². The van der Waals surface area contributed by atoms with Gasteiger partial charge >= 0.3 is 0 Å². The van der Waals surface area contributed by atoms with Crippen molar-refractivity contribution >= 4 is 27.5 Å². The molecule has 2 rings (SSSR count). The molecule has 0 fully saturated rings. The second-order valence-electron chi connectivity index (χ2n) is 3.39. The number of fused-ring (bicyclic) bond motifs is 1. The van der Waals surface area contributed by atoms with E-state index in [0.717, 1.165) is 15.7 Å². The van der Waals surface area contributed by atoms with Gasteiger partial charge in [-0.15, -0.1) is 0 Å². The number of anilines is 1. The van der Waals surface area contributed by atoms with Crippen molar-refractivity contribution in [3.05, 3.63) is 28.2 Å². The number of aliphatic hydroxyl groups excluding tert-OH is 1. The molecule has 4 nitrogen and oxygen atoms in total. The minimum Gasteiger partial charge on any atom is -0.395 e. The van der Waals surface area contributed by atoms with Crippen LogP contribution in [-0.2, 0) is 4.79 Å². The molecule has 5 heteroatoms. The van der Waals surface area contributed by atoms with Crippen LogP contribution in [0.15, 0.2) is 22.7 Å². The van der Waals surface area contributed by atoms with Crippen LogP contribution in [0.3, 0.4) is 0 Å². The highest BCUT2D eigenvalue weighted by atomic mass is 79.9. The van der Waals surface area contributed by atoms with Crippen molar-refractivity contribution in [2.45, 2.75) is 6.04 Å². The molecule has 1 aliphatic heterocycles. The highest BCUT2D eigenvalue weighted by Gasteiger charge is 2.34. The molecule has 1 aromatic carbocycles. The maximum Gasteiger partial charge on any atom is 0.248 e. The van der Waals surface area contributed by atoms with E-state index in [4.69, 9.17) is 10.8 Å². The average Bonchev–Trinajstić information content (AvgIpc) is 2.44. The predicted molar refractivity (Wildman–Crippen MR) is 60.5 cm³/mol. The molecule has 15 heavy (non-hydrogen) atoms. The minimum atomic E-state index is -0.598. The Morgan fingerprint density at radius 1 is 1.53 bits per heavy atom. The summed E-state index contributed by atoms with van der Waals surface area (Å²) in [6.45, 7) is 0.223. The van der Waals surface area contributed by atoms with E-state index < -0.39 is 6.04 Å². The van der Waals surface area contributed by atoms with Gasteiger partial charge in [-0.25, -0.2) is 0 Å². The van der Waals surface area contributed by atoms with Crippen LogP contribution in [0, 0.1) is 0 Å². The largest absolute Gasteiger partial charge is 0.395 e. The summed E-state index contributed by atoms with van der Waals surface area (Å²) in [5.41, 5.74) is 7.38. The predicted octanol–water partition coefficient (Wildman–Crippen LogP) is 0.788. The number of rotatable bonds is 2. The van der Waals surface area contributed by atoms with Crippen LogP contribution in [0.4, 0.5) is 5.69 Å². The second-order valence-corrected chi connectivity index (χ2v) is 4.31. The zero-order valence-corrected chi connectivity index (χ0v) is 9.57. The molecule has 0 aromatic heterocycles. The molecule has 0 radical (unpaired) electrons. The third-order valence-electron chi connectivity index (χ3n) is 2.47. The van der Waals surface area contributed by atoms with E-state index in [9.17, 15) is 4.79 Å². The first kappa shape index (κ1) is 10.6. The van der Waals surface area contributed by atoms with Gasteiger partial charge in [-0.1, -0.05) is 22.0 Å². The molecule has 0 saturated heterocycles. The SMILES string of the molecule is NC1C(=O)N(CCO)c2cc(Br)ccc21. The number of halogens is 1. The van der Waals surface area contributed by atoms with Crippen LogP contribution in [-0.4, -0.2) is 24.2 Å². The zero-order chi connectivity index (χ0) is 11.0. The number of hydrogen-bond acceptors (Lipinski definition) is 3. The van der Waals surface area contributed by atoms with E-state index in [1.54, 1.807) is 0 Å². The Hall–Kier alpha value is -0.910. The minimum absolute atomic E-state index is 0.0651. The summed E-state index contributed by atoms with van der Waals surface area (Å²) in [5, 5.41) is 8.88. The third-order valence-corrected chi connectivity index (χ3v) is 2.97. The summed E-state index contributed by atoms with van der Waals surface area (Å²) in [6.07, 6.45) is 0. The van der Waals surface area contributed by atoms with Crippen LogP contribution < -0.4 is 10.6 Å². The Labute approximate surface area is 95.8 Å². The van der Waals surface area contributed by atoms with Gasteiger partial charge in [0.25, 0.3) is 0 Å². The molecular weight excluding hydrogens is 260 g/mol. The monoisotopic (exact) mass is 270 g/mol. The third kappa shape index (κ3) is 1.67. The van der Waals surface area contributed by atoms with Crippen LogP contribution in [0.5, 0.6) is 0 Å². The van der Waals surface area contributed by atoms with Crippen molar-refractivity contribution < 1.29 is 9.90 Å². The van der Waals surface area contributed by atoms with Crippen LogP contribution >= 0.6 is 15.9 Å². The van der Waals surface area contributed by atoms with Gasteiger partial charge in [0.1, 0.15) is 6.04 Å². The number of carbonyl (C=O) groups is 1. The van der Waals surface area contributed by atoms with Crippen LogP contribution in [0.2, 0.25) is 0 Å². The topological polar surface area (TPSA) is 66.6 Å². The Morgan fingerprint density at radius 2 is 2.27 bits per heavy atom. The number of nitrogens with two attached hydrogens (primary N) is 1. The number of hydrogen-bond donors (Lipinski definition) is 2. The molecule has 1 aromatic rings. The normalized spacial score (nSPS) is 19.5. The standard InChI is InChI=1S/C10H11BrN2O2/c11-6-1-2-7-8(5-6)13(3-4-14)10(15)9(7)12/h1-2,5,9,14H,3-4,12H2. The first-order chi connectivity index (χ1) is 7.15. The number of carbonyl (C=O) groups excluding carboxylic acids is 1. The first-order valence-corrected chi connectivity index (χ1v) is 5.41. The van der Waals surface area contributed by atoms with Crippen molar-refractivity contribution in [2.24, 2.45) is 5.73 Å². The van der Waals surface area contributed by atoms with E-state index in [1.165, 1.54) is 4.90 Å². The van der Waals surface area contributed by atoms with Gasteiger partial charge in [-0.05, 0) is 12.1 Å². The number of benzene rings is 1. The second kappa shape index (κ2) is 3.92. The molecule has 1 heterocycles. The highest BCUT2D eigenvalue weighted by Crippen LogP contribution is 2.36. The Balaban J connectivity index is 2.47. The smallest absolute Gasteiger partial charge is 0.248 e. The summed E-state index contributed by atoms with van der Waals surface area (Å²) < 4.78 is 0.895. The number of β-amino-alcohol motifs (C(OH)–C–C–N with tert-alkyl or cyclic N) is 1. The summed E-state index contributed by atoms with van der Waals surface area (Å²) >= 11 is 3.34. The molecule has 0 saturated carbocycles. The number of aliphatic hydroxyl groups is 1. The lowest BCUT2D eigenvalue weighted by Gasteiger charge is -2.15. The molecule has 0 bridgehead atoms. The van der Waals surface area contributed by atoms with Gasteiger partial charge in [-0.3, -0.25) is 4.79 Å². The lowest BCUT2D eigenvalue weighted by molar-refractivity contribution is -0.119. The molecule has 1 unspecified atom stereocenters. The number of amides is 1. The molecule has 0 aliphatic carbocycles. The summed E-state index contributed by atoms with van der Waals surface area (Å²) in [6, 6.07) is 4.93. The molecule has 80 valence electrons. The zero-order valence-electron chi connectivity index (χ0n) is 7.98. The van der Waals surface area contributed by atoms with Crippen molar-refractivity contribution in [3.8, 4) is 0 Å². The Morgan fingerprint density at radius 3 is 2.93 bits per heavy atom. The van der Waals surface area contributed by atoms with Gasteiger partial charge in [-0.2, -0.15) is 0 Å². The van der Waals surface area contributed by atoms with E-state index in [1.807, 2.05) is 18.2 Å². The van der Waals surface area contributed by atoms with Crippen molar-refractivity contribution in [1.29, 1.82) is 0 Å². The molecule has 1 amide bonds. The van der Waals surface area contributed by atoms with Gasteiger partial charge in [0, 0.05) is 16.6 Å². The van der Waals surface area contributed by atoms with Crippen LogP contribution in [0.25, 0.3) is 0 Å². The Kier molecular flexibility index (Phi) is 2.77. The Bertz CT molecular complexity index is 408. The summed E-state index contributed by atoms with van der Waals surface area (Å²) in [7, 11) is 0. The van der Waals surface area contributed by atoms with E-state index >= 15 is 0 Å². The fraction of sp³-hybridized carbons (Fsp3) is 0.300. The molecule has 1 aliphatic rings. The molecular formula is C10H11BrN2O2. The van der Waals surface area contributed by atoms with E-state index in [-0.39, 0.29) is 19.1 Å². The van der Waals surface area contributed by atoms with Crippen molar-refractivity contribution in [3.63, 3.8) is 0 Å². The highest BCUT2D eigenvalue weighted by molar-refractivity contribution is 9.10. The van der Waals surface area contributed by atoms with Gasteiger partial charge < -0.3 is 15.7 Å². The molecule has 0 spiro atoms. The lowest BCUT2D eigenvalue weighted by atomic mass is 10.1. The van der Waals surface area contributed by atoms with Gasteiger partial charge in [0.05, 0.1) is 12.3 Å². The summed E-state index contributed by atoms with van der Waals surface area (Å²) in [5.74, 6) is -0.155. The fourth-order valence-electron chi connectivity index (χ4n) is 1.76. The lowest BCUT2D eigenvalue weighted by Crippen LogP contribution is -2.33. The maximum absolute atomic E-state index is 11.7. The average molecular weight is 271 g/mol. The van der Waals surface area contributed by atoms with E-state index in [0.29, 0.717) is 0 Å². The van der Waals surface area contributed by atoms with Crippen LogP contribution in [0.1, 0.15) is 11.6 Å². The van der Waals surface area contributed by atoms with Gasteiger partial charge in [0.2, 0.25) is 5.91 Å². The van der Waals surface area contributed by atoms with Crippen molar-refractivity contribution in [2.75, 3.05) is 18.1 Å². The van der Waals surface area contributed by atoms with Gasteiger partial charge in [0.15, 0.2) is 0 Å².